The Morgan fingerprint density at radius 3 is 2.40 bits per heavy atom. The van der Waals surface area contributed by atoms with Gasteiger partial charge >= 0.3 is 0 Å². The van der Waals surface area contributed by atoms with Crippen LogP contribution in [0.3, 0.4) is 0 Å². The molecule has 2 aliphatic rings. The molecule has 1 aliphatic heterocycles. The van der Waals surface area contributed by atoms with Crippen LogP contribution in [0.15, 0.2) is 58.5 Å². The number of piperidine rings is 1. The second kappa shape index (κ2) is 9.27. The van der Waals surface area contributed by atoms with E-state index in [1.807, 2.05) is 12.1 Å². The molecular weight excluding hydrogens is 398 g/mol. The van der Waals surface area contributed by atoms with Crippen molar-refractivity contribution in [1.82, 2.24) is 8.87 Å². The van der Waals surface area contributed by atoms with Gasteiger partial charge in [0.15, 0.2) is 0 Å². The average Bonchev–Trinajstić information content (AvgIpc) is 2.80. The first kappa shape index (κ1) is 21.0. The van der Waals surface area contributed by atoms with Gasteiger partial charge in [0.1, 0.15) is 5.49 Å². The molecule has 160 valence electrons. The van der Waals surface area contributed by atoms with Crippen LogP contribution in [0.5, 0.6) is 0 Å². The van der Waals surface area contributed by atoms with Crippen molar-refractivity contribution in [2.75, 3.05) is 13.1 Å². The van der Waals surface area contributed by atoms with E-state index in [2.05, 4.69) is 0 Å². The highest BCUT2D eigenvalue weighted by Crippen LogP contribution is 2.22. The molecule has 0 N–H and O–H groups in total. The number of hydrogen-bond donors (Lipinski definition) is 0. The van der Waals surface area contributed by atoms with Crippen LogP contribution >= 0.6 is 0 Å². The summed E-state index contributed by atoms with van der Waals surface area (Å²) in [6.45, 7) is 1.08. The predicted molar refractivity (Wildman–Crippen MR) is 116 cm³/mol. The van der Waals surface area contributed by atoms with Gasteiger partial charge in [-0.2, -0.15) is 4.31 Å². The number of carbonyl (C=O) groups excluding carboxylic acids is 1. The number of hydrogen-bond acceptors (Lipinski definition) is 4. The van der Waals surface area contributed by atoms with Crippen molar-refractivity contribution in [3.05, 3.63) is 59.7 Å². The highest BCUT2D eigenvalue weighted by Gasteiger charge is 2.26. The third kappa shape index (κ3) is 4.57. The lowest BCUT2D eigenvalue weighted by Crippen LogP contribution is -2.35. The van der Waals surface area contributed by atoms with E-state index in [9.17, 15) is 13.2 Å². The molecule has 0 radical (unpaired) electrons. The molecule has 1 saturated heterocycles. The molecule has 0 spiro atoms. The maximum absolute atomic E-state index is 13.3. The summed E-state index contributed by atoms with van der Waals surface area (Å²) in [7, 11) is -3.58. The zero-order valence-corrected chi connectivity index (χ0v) is 18.1. The zero-order chi connectivity index (χ0) is 21.0. The van der Waals surface area contributed by atoms with E-state index < -0.39 is 10.0 Å². The van der Waals surface area contributed by atoms with Crippen molar-refractivity contribution in [2.45, 2.75) is 62.3 Å². The number of benzene rings is 1. The van der Waals surface area contributed by atoms with Gasteiger partial charge in [0.25, 0.3) is 5.91 Å². The molecule has 4 rings (SSSR count). The highest BCUT2D eigenvalue weighted by molar-refractivity contribution is 7.89. The Hall–Kier alpha value is -2.25. The maximum atomic E-state index is 13.3. The number of rotatable bonds is 4. The number of aromatic nitrogens is 1. The Morgan fingerprint density at radius 1 is 0.900 bits per heavy atom. The molecule has 0 bridgehead atoms. The highest BCUT2D eigenvalue weighted by atomic mass is 32.2. The smallest absolute Gasteiger partial charge is 0.263 e. The largest absolute Gasteiger partial charge is 0.268 e. The van der Waals surface area contributed by atoms with Crippen LogP contribution in [0.1, 0.15) is 61.7 Å². The zero-order valence-electron chi connectivity index (χ0n) is 17.2. The monoisotopic (exact) mass is 427 g/mol. The van der Waals surface area contributed by atoms with Gasteiger partial charge in [0, 0.05) is 24.8 Å². The lowest BCUT2D eigenvalue weighted by Gasteiger charge is -2.26. The van der Waals surface area contributed by atoms with E-state index in [4.69, 9.17) is 4.99 Å². The summed E-state index contributed by atoms with van der Waals surface area (Å²) < 4.78 is 29.1. The van der Waals surface area contributed by atoms with Gasteiger partial charge < -0.3 is 0 Å². The molecule has 0 amide bonds. The molecular formula is C23H29N3O3S. The van der Waals surface area contributed by atoms with E-state index in [0.29, 0.717) is 24.1 Å². The first-order valence-corrected chi connectivity index (χ1v) is 12.4. The third-order valence-corrected chi connectivity index (χ3v) is 7.88. The Morgan fingerprint density at radius 2 is 1.63 bits per heavy atom. The van der Waals surface area contributed by atoms with Gasteiger partial charge in [-0.1, -0.05) is 37.8 Å². The first-order chi connectivity index (χ1) is 14.6. The predicted octanol–water partition coefficient (Wildman–Crippen LogP) is 3.58. The van der Waals surface area contributed by atoms with Crippen molar-refractivity contribution in [2.24, 2.45) is 4.99 Å². The maximum Gasteiger partial charge on any atom is 0.263 e. The third-order valence-electron chi connectivity index (χ3n) is 5.98. The summed E-state index contributed by atoms with van der Waals surface area (Å²) in [6, 6.07) is 12.1. The SMILES string of the molecule is O=C(c1cccc(S(=O)(=O)N2CCCCC2)c1)n1ccccc1=NC1CCCCC1. The second-order valence-corrected chi connectivity index (χ2v) is 10.1. The van der Waals surface area contributed by atoms with E-state index in [1.165, 1.54) is 34.2 Å². The van der Waals surface area contributed by atoms with E-state index in [0.717, 1.165) is 32.1 Å². The van der Waals surface area contributed by atoms with Crippen LogP contribution in [0.25, 0.3) is 0 Å². The molecule has 1 aromatic heterocycles. The summed E-state index contributed by atoms with van der Waals surface area (Å²) >= 11 is 0. The molecule has 1 saturated carbocycles. The topological polar surface area (TPSA) is 71.7 Å². The second-order valence-electron chi connectivity index (χ2n) is 8.15. The summed E-state index contributed by atoms with van der Waals surface area (Å²) in [5.41, 5.74) is 0.975. The molecule has 2 aromatic rings. The number of nitrogens with zero attached hydrogens (tertiary/aromatic N) is 3. The van der Waals surface area contributed by atoms with Crippen LogP contribution in [-0.2, 0) is 10.0 Å². The molecule has 2 heterocycles. The van der Waals surface area contributed by atoms with E-state index in [-0.39, 0.29) is 16.8 Å². The van der Waals surface area contributed by atoms with Crippen molar-refractivity contribution >= 4 is 15.9 Å². The van der Waals surface area contributed by atoms with Crippen LogP contribution < -0.4 is 5.49 Å². The van der Waals surface area contributed by atoms with Gasteiger partial charge in [0.2, 0.25) is 10.0 Å². The minimum atomic E-state index is -3.58. The fourth-order valence-electron chi connectivity index (χ4n) is 4.29. The Labute approximate surface area is 178 Å². The summed E-state index contributed by atoms with van der Waals surface area (Å²) in [5.74, 6) is -0.263. The van der Waals surface area contributed by atoms with Crippen molar-refractivity contribution in [3.63, 3.8) is 0 Å². The van der Waals surface area contributed by atoms with Gasteiger partial charge in [-0.05, 0) is 56.0 Å². The van der Waals surface area contributed by atoms with Crippen molar-refractivity contribution in [3.8, 4) is 0 Å². The van der Waals surface area contributed by atoms with Crippen LogP contribution in [0.4, 0.5) is 0 Å². The Balaban J connectivity index is 1.65. The number of pyridine rings is 1. The molecule has 0 atom stereocenters. The fourth-order valence-corrected chi connectivity index (χ4v) is 5.85. The molecule has 30 heavy (non-hydrogen) atoms. The normalized spacial score (nSPS) is 19.7. The van der Waals surface area contributed by atoms with Gasteiger partial charge in [-0.25, -0.2) is 8.42 Å². The lowest BCUT2D eigenvalue weighted by atomic mass is 9.96. The lowest BCUT2D eigenvalue weighted by molar-refractivity contribution is 0.0954. The van der Waals surface area contributed by atoms with Gasteiger partial charge in [0.05, 0.1) is 10.9 Å². The minimum Gasteiger partial charge on any atom is -0.268 e. The molecule has 0 unspecified atom stereocenters. The number of sulfonamides is 1. The fraction of sp³-hybridized carbons (Fsp3) is 0.478. The quantitative estimate of drug-likeness (QED) is 0.749. The summed E-state index contributed by atoms with van der Waals surface area (Å²) in [5, 5.41) is 0. The molecule has 6 nitrogen and oxygen atoms in total. The van der Waals surface area contributed by atoms with Crippen LogP contribution in [0.2, 0.25) is 0 Å². The minimum absolute atomic E-state index is 0.178. The first-order valence-electron chi connectivity index (χ1n) is 10.9. The van der Waals surface area contributed by atoms with Crippen molar-refractivity contribution < 1.29 is 13.2 Å². The standard InChI is InChI=1S/C23H29N3O3S/c27-23(26-17-8-5-14-22(26)24-20-11-3-1-4-12-20)19-10-9-13-21(18-19)30(28,29)25-15-6-2-7-16-25/h5,8-10,13-14,17-18,20H,1-4,6-7,11-12,15-16H2. The number of carbonyl (C=O) groups is 1. The van der Waals surface area contributed by atoms with Crippen LogP contribution in [-0.4, -0.2) is 42.3 Å². The summed E-state index contributed by atoms with van der Waals surface area (Å²) in [4.78, 5) is 18.3. The van der Waals surface area contributed by atoms with Gasteiger partial charge in [-0.3, -0.25) is 14.4 Å². The van der Waals surface area contributed by atoms with Crippen LogP contribution in [0, 0.1) is 0 Å². The van der Waals surface area contributed by atoms with E-state index >= 15 is 0 Å². The Kier molecular flexibility index (Phi) is 6.49. The molecule has 2 fully saturated rings. The van der Waals surface area contributed by atoms with Gasteiger partial charge in [-0.15, -0.1) is 0 Å². The summed E-state index contributed by atoms with van der Waals surface area (Å²) in [6.07, 6.45) is 10.2. The average molecular weight is 428 g/mol. The molecule has 7 heteroatoms. The molecule has 1 aromatic carbocycles. The van der Waals surface area contributed by atoms with Crippen molar-refractivity contribution in [1.29, 1.82) is 0 Å². The molecule has 1 aliphatic carbocycles. The Bertz CT molecular complexity index is 1060. The van der Waals surface area contributed by atoms with E-state index in [1.54, 1.807) is 30.5 Å².